The molecular weight excluding hydrogens is 1590 g/mol. The first-order valence-corrected chi connectivity index (χ1v) is 38.8. The fourth-order valence-electron chi connectivity index (χ4n) is 13.0. The molecule has 5 rings (SSSR count). The number of nitrogens with zero attached hydrogens (tertiary/aromatic N) is 2. The number of nitrogens with one attached hydrogen (secondary N) is 9. The Balaban J connectivity index is 1.29. The lowest BCUT2D eigenvalue weighted by atomic mass is 9.86. The van der Waals surface area contributed by atoms with Crippen molar-refractivity contribution in [1.82, 2.24) is 57.7 Å². The molecule has 21 N–H and O–H groups in total. The van der Waals surface area contributed by atoms with E-state index in [1.54, 1.807) is 0 Å². The summed E-state index contributed by atoms with van der Waals surface area (Å²) in [5, 5.41) is 145. The largest absolute Gasteiger partial charge is 0.394 e. The standard InChI is InChI=1S/C70H121N11O37/c1-37(86)75-53-61(99)57(95)44(32-82)115-67(53)111-25-22-107-17-13-72-49(91)29-80(28-48(90)71-12-16-106-20-21-110-36-114-70-56(78-40(4)89)64(102)60(98)47(35-85)118-70)52(94)11-10-43(79-65(103)41-6-8-42(105-5)9-7-41)66(104)81(30-50(92)73-14-18-108-23-26-112-68-54(76-38(2)87)62(100)58(96)45(33-83)116-68)31-51(93)74-15-19-109-24-27-113-69-55(77-39(3)88)63(101)59(97)46(34-84)117-69/h41-47,53-64,67-70,82-85,95-102H,6-36H2,1-5H3,(H,71,90)(H,72,91)(H,73,92)(H,74,93)(H,75,86)(H,76,87)(H,77,88)(H,78,89)(H,79,103). The summed E-state index contributed by atoms with van der Waals surface area (Å²) in [6.07, 6.45) is -22.8. The lowest BCUT2D eigenvalue weighted by Crippen LogP contribution is -2.64. The maximum atomic E-state index is 15.1. The molecule has 4 saturated heterocycles. The molecule has 0 spiro atoms. The molecule has 1 aliphatic carbocycles. The molecule has 21 unspecified atom stereocenters. The number of amides is 11. The Morgan fingerprint density at radius 1 is 0.381 bits per heavy atom. The first-order valence-electron chi connectivity index (χ1n) is 38.8. The van der Waals surface area contributed by atoms with Crippen molar-refractivity contribution in [2.75, 3.05) is 172 Å². The highest BCUT2D eigenvalue weighted by molar-refractivity contribution is 5.95. The Hall–Kier alpha value is -6.87. The Bertz CT molecular complexity index is 2990. The molecule has 4 aliphatic heterocycles. The van der Waals surface area contributed by atoms with E-state index in [0.717, 1.165) is 30.6 Å². The molecule has 678 valence electrons. The fraction of sp³-hybridized carbons (Fsp3) is 0.843. The van der Waals surface area contributed by atoms with Crippen molar-refractivity contribution in [3.63, 3.8) is 0 Å². The van der Waals surface area contributed by atoms with E-state index in [2.05, 4.69) is 47.9 Å². The minimum Gasteiger partial charge on any atom is -0.394 e. The molecule has 5 fully saturated rings. The summed E-state index contributed by atoms with van der Waals surface area (Å²) in [5.41, 5.74) is 0. The van der Waals surface area contributed by atoms with Crippen LogP contribution < -0.4 is 47.9 Å². The Morgan fingerprint density at radius 2 is 0.678 bits per heavy atom. The lowest BCUT2D eigenvalue weighted by Gasteiger charge is -2.42. The zero-order valence-corrected chi connectivity index (χ0v) is 66.7. The third-order valence-electron chi connectivity index (χ3n) is 19.1. The van der Waals surface area contributed by atoms with E-state index >= 15 is 4.79 Å². The van der Waals surface area contributed by atoms with Gasteiger partial charge in [-0.15, -0.1) is 0 Å². The van der Waals surface area contributed by atoms with Crippen LogP contribution in [0, 0.1) is 5.92 Å². The molecule has 5 aliphatic rings. The highest BCUT2D eigenvalue weighted by Gasteiger charge is 2.50. The van der Waals surface area contributed by atoms with Crippen LogP contribution in [0.15, 0.2) is 0 Å². The molecule has 1 saturated carbocycles. The molecule has 0 radical (unpaired) electrons. The number of ether oxygens (including phenoxy) is 14. The van der Waals surface area contributed by atoms with Crippen LogP contribution in [0.2, 0.25) is 0 Å². The third-order valence-corrected chi connectivity index (χ3v) is 19.1. The van der Waals surface area contributed by atoms with Gasteiger partial charge in [0, 0.05) is 73.3 Å². The summed E-state index contributed by atoms with van der Waals surface area (Å²) >= 11 is 0. The fourth-order valence-corrected chi connectivity index (χ4v) is 13.0. The smallest absolute Gasteiger partial charge is 0.246 e. The number of hydrogen-bond donors (Lipinski definition) is 21. The van der Waals surface area contributed by atoms with Gasteiger partial charge >= 0.3 is 0 Å². The van der Waals surface area contributed by atoms with Crippen LogP contribution in [-0.4, -0.2) is 443 Å². The number of carbonyl (C=O) groups excluding carboxylic acids is 11. The average Bonchev–Trinajstić information content (AvgIpc) is 0.831. The molecule has 0 bridgehead atoms. The second kappa shape index (κ2) is 54.5. The van der Waals surface area contributed by atoms with Crippen molar-refractivity contribution >= 4 is 65.0 Å². The van der Waals surface area contributed by atoms with E-state index in [1.165, 1.54) is 14.0 Å². The van der Waals surface area contributed by atoms with Gasteiger partial charge in [0.05, 0.1) is 112 Å². The summed E-state index contributed by atoms with van der Waals surface area (Å²) < 4.78 is 78.0. The van der Waals surface area contributed by atoms with E-state index in [4.69, 9.17) is 66.3 Å². The maximum absolute atomic E-state index is 15.1. The zero-order valence-electron chi connectivity index (χ0n) is 66.7. The van der Waals surface area contributed by atoms with E-state index in [9.17, 15) is 109 Å². The van der Waals surface area contributed by atoms with Crippen LogP contribution in [0.5, 0.6) is 0 Å². The average molecular weight is 1710 g/mol. The molecule has 0 aromatic heterocycles. The monoisotopic (exact) mass is 1710 g/mol. The summed E-state index contributed by atoms with van der Waals surface area (Å²) in [5.74, 6) is -8.98. The van der Waals surface area contributed by atoms with Gasteiger partial charge in [0.15, 0.2) is 25.2 Å². The number of hydrogen-bond acceptors (Lipinski definition) is 37. The SMILES string of the molecule is COC1CCC(C(=O)NC(CCC(=O)N(CC(=O)NCCOCCOCOC2OC(CO)C(O)C(O)C2NC(C)=O)CC(=O)NCCOCCOC2OC(CO)C(O)C(O)C2NC(C)=O)C(=O)N(CC(=O)NCCOCCOC2OC(CO)C(O)C(O)C2NC(C)=O)CC(=O)NCCOCCOC2OC(CO)C(O)C(O)C2NC(C)=O)CC1. The second-order valence-electron chi connectivity index (χ2n) is 28.1. The Kier molecular flexibility index (Phi) is 47.0. The Morgan fingerprint density at radius 3 is 0.983 bits per heavy atom. The van der Waals surface area contributed by atoms with Crippen molar-refractivity contribution < 1.29 is 180 Å². The van der Waals surface area contributed by atoms with Gasteiger partial charge in [-0.25, -0.2) is 0 Å². The third kappa shape index (κ3) is 34.6. The lowest BCUT2D eigenvalue weighted by molar-refractivity contribution is -0.289. The van der Waals surface area contributed by atoms with E-state index in [0.29, 0.717) is 25.7 Å². The molecule has 11 amide bonds. The molecule has 48 heteroatoms. The van der Waals surface area contributed by atoms with Crippen molar-refractivity contribution in [3.8, 4) is 0 Å². The number of carbonyl (C=O) groups is 11. The van der Waals surface area contributed by atoms with Crippen LogP contribution in [-0.2, 0) is 119 Å². The van der Waals surface area contributed by atoms with Crippen molar-refractivity contribution in [3.05, 3.63) is 0 Å². The molecule has 21 atom stereocenters. The minimum atomic E-state index is -1.69. The van der Waals surface area contributed by atoms with Gasteiger partial charge in [-0.1, -0.05) is 0 Å². The molecule has 0 aromatic carbocycles. The predicted molar refractivity (Wildman–Crippen MR) is 394 cm³/mol. The van der Waals surface area contributed by atoms with Crippen molar-refractivity contribution in [2.45, 2.75) is 201 Å². The highest BCUT2D eigenvalue weighted by atomic mass is 16.8. The van der Waals surface area contributed by atoms with E-state index in [1.807, 2.05) is 0 Å². The first-order chi connectivity index (χ1) is 56.4. The van der Waals surface area contributed by atoms with Crippen LogP contribution in [0.1, 0.15) is 66.2 Å². The quantitative estimate of drug-likeness (QED) is 0.0199. The number of aliphatic hydroxyl groups is 12. The Labute approximate surface area is 679 Å². The minimum absolute atomic E-state index is 0.0816. The van der Waals surface area contributed by atoms with Gasteiger partial charge in [-0.05, 0) is 32.1 Å². The number of methoxy groups -OCH3 is 1. The predicted octanol–water partition coefficient (Wildman–Crippen LogP) is -13.5. The van der Waals surface area contributed by atoms with Crippen LogP contribution in [0.3, 0.4) is 0 Å². The van der Waals surface area contributed by atoms with E-state index < -0.39 is 272 Å². The summed E-state index contributed by atoms with van der Waals surface area (Å²) in [4.78, 5) is 148. The van der Waals surface area contributed by atoms with Crippen LogP contribution in [0.4, 0.5) is 0 Å². The highest BCUT2D eigenvalue weighted by Crippen LogP contribution is 2.29. The van der Waals surface area contributed by atoms with Gasteiger partial charge in [-0.2, -0.15) is 0 Å². The summed E-state index contributed by atoms with van der Waals surface area (Å²) in [6.45, 7) is -4.73. The summed E-state index contributed by atoms with van der Waals surface area (Å²) in [6, 6.07) is -6.64. The zero-order chi connectivity index (χ0) is 87.0. The molecule has 4 heterocycles. The van der Waals surface area contributed by atoms with Gasteiger partial charge < -0.3 is 185 Å². The van der Waals surface area contributed by atoms with Crippen LogP contribution in [0.25, 0.3) is 0 Å². The van der Waals surface area contributed by atoms with Gasteiger partial charge in [0.1, 0.15) is 136 Å². The second-order valence-corrected chi connectivity index (χ2v) is 28.1. The molecule has 118 heavy (non-hydrogen) atoms. The van der Waals surface area contributed by atoms with Crippen molar-refractivity contribution in [1.29, 1.82) is 0 Å². The number of aliphatic hydroxyl groups excluding tert-OH is 12. The van der Waals surface area contributed by atoms with Crippen molar-refractivity contribution in [2.24, 2.45) is 5.92 Å². The van der Waals surface area contributed by atoms with Gasteiger partial charge in [-0.3, -0.25) is 52.7 Å². The summed E-state index contributed by atoms with van der Waals surface area (Å²) in [7, 11) is 1.52. The topological polar surface area (TPSA) is 675 Å². The number of rotatable bonds is 53. The van der Waals surface area contributed by atoms with E-state index in [-0.39, 0.29) is 112 Å². The van der Waals surface area contributed by atoms with Gasteiger partial charge in [0.25, 0.3) is 0 Å². The first kappa shape index (κ1) is 102. The normalized spacial score (nSPS) is 29.2. The van der Waals surface area contributed by atoms with Crippen LogP contribution >= 0.6 is 0 Å². The maximum Gasteiger partial charge on any atom is 0.246 e. The van der Waals surface area contributed by atoms with Gasteiger partial charge in [0.2, 0.25) is 65.0 Å². The molecule has 48 nitrogen and oxygen atoms in total. The molecular formula is C70H121N11O37. The molecule has 0 aromatic rings.